The van der Waals surface area contributed by atoms with Gasteiger partial charge in [0.25, 0.3) is 0 Å². The number of ketones is 1. The van der Waals surface area contributed by atoms with Crippen LogP contribution in [0.4, 0.5) is 0 Å². The molecule has 33 heavy (non-hydrogen) atoms. The highest BCUT2D eigenvalue weighted by atomic mass is 16.2. The Bertz CT molecular complexity index is 1000. The van der Waals surface area contributed by atoms with E-state index in [0.29, 0.717) is 5.92 Å². The number of hydrogen-bond donors (Lipinski definition) is 3. The van der Waals surface area contributed by atoms with Crippen molar-refractivity contribution < 1.29 is 15.4 Å². The van der Waals surface area contributed by atoms with Crippen molar-refractivity contribution in [3.05, 3.63) is 72.8 Å². The molecule has 1 unspecified atom stereocenters. The predicted octanol–water partition coefficient (Wildman–Crippen LogP) is 7.23. The Morgan fingerprint density at radius 3 is 2.03 bits per heavy atom. The SMILES string of the molecule is C=C.C=CC.CC.CC.CC(=O)c1ccc2[nH]c3cc4c(cc3c2c1)C(=N)CC4C.CO.O. The first-order chi connectivity index (χ1) is 15.5. The van der Waals surface area contributed by atoms with Gasteiger partial charge in [-0.15, -0.1) is 19.7 Å². The second-order valence-corrected chi connectivity index (χ2v) is 6.42. The standard InChI is InChI=1S/C18H16N2O.C3H6.2C2H6.C2H4.CH4O.H2O/c1-9-5-16(19)13-7-15-14-6-11(10(2)21)3-4-17(14)20-18(15)8-12(9)13;1-3-2;4*1-2;/h3-4,6-9,19-20H,5H2,1-2H3;3H,1H2,2H3;2*1-2H3;1-2H2;2H,1H3;1H2. The van der Waals surface area contributed by atoms with Crippen molar-refractivity contribution in [3.63, 3.8) is 0 Å². The minimum absolute atomic E-state index is 0. The van der Waals surface area contributed by atoms with Crippen LogP contribution in [0.5, 0.6) is 0 Å². The number of nitrogens with one attached hydrogen (secondary N) is 2. The van der Waals surface area contributed by atoms with Gasteiger partial charge in [0.2, 0.25) is 0 Å². The molecular formula is C28H44N2O3. The molecule has 5 N–H and O–H groups in total. The molecule has 0 radical (unpaired) electrons. The van der Waals surface area contributed by atoms with E-state index in [9.17, 15) is 4.79 Å². The van der Waals surface area contributed by atoms with Crippen LogP contribution in [-0.4, -0.2) is 34.2 Å². The maximum atomic E-state index is 11.6. The number of hydrogen-bond acceptors (Lipinski definition) is 3. The smallest absolute Gasteiger partial charge is 0.159 e. The number of aromatic nitrogens is 1. The molecule has 1 atom stereocenters. The van der Waals surface area contributed by atoms with Crippen LogP contribution >= 0.6 is 0 Å². The first-order valence-electron chi connectivity index (χ1n) is 11.2. The number of rotatable bonds is 1. The number of carbonyl (C=O) groups excluding carboxylic acids is 1. The molecule has 0 saturated carbocycles. The maximum absolute atomic E-state index is 11.6. The third-order valence-electron chi connectivity index (χ3n) is 4.54. The summed E-state index contributed by atoms with van der Waals surface area (Å²) in [5, 5.41) is 17.3. The molecule has 3 aromatic rings. The zero-order valence-electron chi connectivity index (χ0n) is 21.7. The monoisotopic (exact) mass is 456 g/mol. The quantitative estimate of drug-likeness (QED) is 0.265. The van der Waals surface area contributed by atoms with Gasteiger partial charge in [-0.25, -0.2) is 0 Å². The number of allylic oxidation sites excluding steroid dienone is 1. The van der Waals surface area contributed by atoms with Crippen molar-refractivity contribution in [2.24, 2.45) is 0 Å². The average Bonchev–Trinajstić information content (AvgIpc) is 3.34. The Morgan fingerprint density at radius 2 is 1.55 bits per heavy atom. The highest BCUT2D eigenvalue weighted by Crippen LogP contribution is 2.37. The minimum Gasteiger partial charge on any atom is -0.412 e. The van der Waals surface area contributed by atoms with Crippen molar-refractivity contribution in [2.45, 2.75) is 60.8 Å². The Balaban J connectivity index is -0.000000659. The Hall–Kier alpha value is -3.02. The summed E-state index contributed by atoms with van der Waals surface area (Å²) in [5.74, 6) is 0.491. The summed E-state index contributed by atoms with van der Waals surface area (Å²) in [6, 6.07) is 10.1. The molecule has 5 heteroatoms. The second-order valence-electron chi connectivity index (χ2n) is 6.42. The van der Waals surface area contributed by atoms with E-state index >= 15 is 0 Å². The first-order valence-corrected chi connectivity index (χ1v) is 11.2. The van der Waals surface area contributed by atoms with E-state index in [1.165, 1.54) is 5.56 Å². The van der Waals surface area contributed by atoms with E-state index in [2.05, 4.69) is 43.8 Å². The number of benzene rings is 2. The summed E-state index contributed by atoms with van der Waals surface area (Å²) in [6.45, 7) is 23.0. The fourth-order valence-corrected chi connectivity index (χ4v) is 3.38. The summed E-state index contributed by atoms with van der Waals surface area (Å²) < 4.78 is 0. The van der Waals surface area contributed by atoms with Gasteiger partial charge in [0.05, 0.1) is 0 Å². The van der Waals surface area contributed by atoms with Gasteiger partial charge in [0, 0.05) is 40.2 Å². The molecule has 0 amide bonds. The van der Waals surface area contributed by atoms with Gasteiger partial charge in [-0.2, -0.15) is 0 Å². The van der Waals surface area contributed by atoms with Crippen LogP contribution in [0.2, 0.25) is 0 Å². The van der Waals surface area contributed by atoms with Crippen molar-refractivity contribution in [3.8, 4) is 0 Å². The molecule has 5 nitrogen and oxygen atoms in total. The second kappa shape index (κ2) is 18.5. The molecule has 0 bridgehead atoms. The third-order valence-corrected chi connectivity index (χ3v) is 4.54. The normalized spacial score (nSPS) is 12.3. The van der Waals surface area contributed by atoms with Crippen LogP contribution in [0.1, 0.15) is 82.3 Å². The zero-order chi connectivity index (χ0) is 25.4. The Morgan fingerprint density at radius 1 is 1.06 bits per heavy atom. The molecule has 0 fully saturated rings. The van der Waals surface area contributed by atoms with Crippen molar-refractivity contribution >= 4 is 33.3 Å². The van der Waals surface area contributed by atoms with Crippen LogP contribution < -0.4 is 0 Å². The predicted molar refractivity (Wildman–Crippen MR) is 147 cm³/mol. The fraction of sp³-hybridized carbons (Fsp3) is 0.357. The molecule has 2 aromatic carbocycles. The van der Waals surface area contributed by atoms with Gasteiger partial charge < -0.3 is 21.0 Å². The van der Waals surface area contributed by atoms with Crippen LogP contribution in [0, 0.1) is 5.41 Å². The van der Waals surface area contributed by atoms with Gasteiger partial charge in [-0.3, -0.25) is 4.79 Å². The van der Waals surface area contributed by atoms with Crippen LogP contribution in [0.25, 0.3) is 21.8 Å². The van der Waals surface area contributed by atoms with E-state index in [1.54, 1.807) is 13.0 Å². The lowest BCUT2D eigenvalue weighted by Crippen LogP contribution is -1.91. The number of fused-ring (bicyclic) bond motifs is 4. The number of aromatic amines is 1. The number of aliphatic hydroxyl groups excluding tert-OH is 1. The molecule has 1 aromatic heterocycles. The van der Waals surface area contributed by atoms with Crippen molar-refractivity contribution in [1.29, 1.82) is 5.41 Å². The summed E-state index contributed by atoms with van der Waals surface area (Å²) in [4.78, 5) is 15.0. The molecule has 4 rings (SSSR count). The van der Waals surface area contributed by atoms with Crippen molar-refractivity contribution in [2.75, 3.05) is 7.11 Å². The molecule has 1 aliphatic carbocycles. The molecule has 1 aliphatic rings. The highest BCUT2D eigenvalue weighted by Gasteiger charge is 2.24. The van der Waals surface area contributed by atoms with Gasteiger partial charge in [0.1, 0.15) is 0 Å². The van der Waals surface area contributed by atoms with Crippen molar-refractivity contribution in [1.82, 2.24) is 4.98 Å². The lowest BCUT2D eigenvalue weighted by Gasteiger charge is -2.03. The third kappa shape index (κ3) is 8.44. The number of H-pyrrole nitrogens is 1. The molecule has 184 valence electrons. The van der Waals surface area contributed by atoms with E-state index < -0.39 is 0 Å². The summed E-state index contributed by atoms with van der Waals surface area (Å²) in [7, 11) is 1.00. The van der Waals surface area contributed by atoms with Gasteiger partial charge in [0.15, 0.2) is 5.78 Å². The molecule has 0 aliphatic heterocycles. The summed E-state index contributed by atoms with van der Waals surface area (Å²) in [5.41, 5.74) is 5.89. The van der Waals surface area contributed by atoms with Gasteiger partial charge in [-0.1, -0.05) is 40.7 Å². The van der Waals surface area contributed by atoms with E-state index in [-0.39, 0.29) is 11.3 Å². The van der Waals surface area contributed by atoms with E-state index in [4.69, 9.17) is 10.5 Å². The molecule has 1 heterocycles. The fourth-order valence-electron chi connectivity index (χ4n) is 3.38. The summed E-state index contributed by atoms with van der Waals surface area (Å²) >= 11 is 0. The first kappa shape index (κ1) is 34.6. The van der Waals surface area contributed by atoms with Gasteiger partial charge >= 0.3 is 0 Å². The largest absolute Gasteiger partial charge is 0.412 e. The zero-order valence-corrected chi connectivity index (χ0v) is 21.7. The molecule has 0 saturated heterocycles. The van der Waals surface area contributed by atoms with Crippen LogP contribution in [0.3, 0.4) is 0 Å². The number of aliphatic hydroxyl groups is 1. The number of Topliss-reactive ketones (excluding diaryl/α,β-unsaturated/α-hetero) is 1. The minimum atomic E-state index is 0. The average molecular weight is 457 g/mol. The Labute approximate surface area is 200 Å². The number of carbonyl (C=O) groups is 1. The molecule has 0 spiro atoms. The highest BCUT2D eigenvalue weighted by molar-refractivity contribution is 6.14. The lowest BCUT2D eigenvalue weighted by atomic mass is 10.0. The molecular weight excluding hydrogens is 412 g/mol. The Kier molecular flexibility index (Phi) is 19.4. The maximum Gasteiger partial charge on any atom is 0.159 e. The summed E-state index contributed by atoms with van der Waals surface area (Å²) in [6.07, 6.45) is 2.57. The van der Waals surface area contributed by atoms with Gasteiger partial charge in [-0.05, 0) is 67.6 Å². The van der Waals surface area contributed by atoms with Crippen LogP contribution in [-0.2, 0) is 0 Å². The van der Waals surface area contributed by atoms with E-state index in [0.717, 1.165) is 52.2 Å². The van der Waals surface area contributed by atoms with Crippen LogP contribution in [0.15, 0.2) is 56.1 Å². The lowest BCUT2D eigenvalue weighted by molar-refractivity contribution is 0.101. The topological polar surface area (TPSA) is 108 Å². The van der Waals surface area contributed by atoms with E-state index in [1.807, 2.05) is 52.8 Å².